The normalized spacial score (nSPS) is 10.7. The lowest BCUT2D eigenvalue weighted by Gasteiger charge is -2.05. The van der Waals surface area contributed by atoms with Gasteiger partial charge in [-0.15, -0.1) is 0 Å². The smallest absolute Gasteiger partial charge is 0.220 e. The van der Waals surface area contributed by atoms with Gasteiger partial charge >= 0.3 is 0 Å². The van der Waals surface area contributed by atoms with Gasteiger partial charge in [-0.3, -0.25) is 9.78 Å². The minimum Gasteiger partial charge on any atom is -0.356 e. The highest BCUT2D eigenvalue weighted by atomic mass is 16.1. The van der Waals surface area contributed by atoms with E-state index in [1.165, 1.54) is 57.8 Å². The van der Waals surface area contributed by atoms with E-state index in [-0.39, 0.29) is 5.91 Å². The van der Waals surface area contributed by atoms with E-state index in [1.807, 2.05) is 18.2 Å². The molecule has 1 aromatic heterocycles. The minimum absolute atomic E-state index is 0.181. The maximum atomic E-state index is 11.7. The average Bonchev–Trinajstić information content (AvgIpc) is 2.57. The predicted molar refractivity (Wildman–Crippen MR) is 97.4 cm³/mol. The molecular formula is C20H34N2O. The first kappa shape index (κ1) is 19.7. The molecule has 0 atom stereocenters. The summed E-state index contributed by atoms with van der Waals surface area (Å²) in [5.74, 6) is 0.181. The summed E-state index contributed by atoms with van der Waals surface area (Å²) in [5, 5.41) is 2.98. The molecule has 3 nitrogen and oxygen atoms in total. The Morgan fingerprint density at radius 1 is 0.957 bits per heavy atom. The lowest BCUT2D eigenvalue weighted by atomic mass is 10.1. The fourth-order valence-corrected chi connectivity index (χ4v) is 2.74. The quantitative estimate of drug-likeness (QED) is 0.488. The van der Waals surface area contributed by atoms with Crippen molar-refractivity contribution in [2.24, 2.45) is 0 Å². The van der Waals surface area contributed by atoms with Crippen LogP contribution in [0.3, 0.4) is 0 Å². The number of pyridine rings is 1. The van der Waals surface area contributed by atoms with Crippen LogP contribution < -0.4 is 5.32 Å². The summed E-state index contributed by atoms with van der Waals surface area (Å²) in [5.41, 5.74) is 1.03. The van der Waals surface area contributed by atoms with E-state index in [9.17, 15) is 4.79 Å². The molecule has 0 aliphatic heterocycles. The van der Waals surface area contributed by atoms with Crippen molar-refractivity contribution in [1.82, 2.24) is 10.3 Å². The highest BCUT2D eigenvalue weighted by Gasteiger charge is 2.01. The van der Waals surface area contributed by atoms with Crippen LogP contribution >= 0.6 is 0 Å². The number of hydrogen-bond acceptors (Lipinski definition) is 2. The van der Waals surface area contributed by atoms with Crippen LogP contribution in [0.2, 0.25) is 0 Å². The number of amides is 1. The Morgan fingerprint density at radius 2 is 1.61 bits per heavy atom. The molecule has 0 saturated heterocycles. The van der Waals surface area contributed by atoms with E-state index in [2.05, 4.69) is 17.2 Å². The van der Waals surface area contributed by atoms with Crippen LogP contribution in [-0.2, 0) is 11.2 Å². The molecule has 1 N–H and O–H groups in total. The molecule has 130 valence electrons. The summed E-state index contributed by atoms with van der Waals surface area (Å²) >= 11 is 0. The summed E-state index contributed by atoms with van der Waals surface area (Å²) in [6, 6.07) is 5.88. The van der Waals surface area contributed by atoms with Gasteiger partial charge in [-0.2, -0.15) is 0 Å². The lowest BCUT2D eigenvalue weighted by molar-refractivity contribution is -0.121. The largest absolute Gasteiger partial charge is 0.356 e. The van der Waals surface area contributed by atoms with Gasteiger partial charge < -0.3 is 5.32 Å². The summed E-state index contributed by atoms with van der Waals surface area (Å²) in [6.07, 6.45) is 16.3. The third kappa shape index (κ3) is 11.8. The maximum absolute atomic E-state index is 11.7. The first-order valence-electron chi connectivity index (χ1n) is 9.49. The van der Waals surface area contributed by atoms with Crippen molar-refractivity contribution < 1.29 is 4.79 Å². The zero-order chi connectivity index (χ0) is 16.6. The second-order valence-electron chi connectivity index (χ2n) is 6.35. The Labute approximate surface area is 142 Å². The third-order valence-electron chi connectivity index (χ3n) is 4.19. The molecule has 0 spiro atoms. The van der Waals surface area contributed by atoms with Gasteiger partial charge in [0, 0.05) is 31.3 Å². The van der Waals surface area contributed by atoms with Crippen LogP contribution in [0.15, 0.2) is 24.4 Å². The highest BCUT2D eigenvalue weighted by Crippen LogP contribution is 2.11. The van der Waals surface area contributed by atoms with E-state index in [1.54, 1.807) is 6.20 Å². The van der Waals surface area contributed by atoms with E-state index >= 15 is 0 Å². The number of carbonyl (C=O) groups excluding carboxylic acids is 1. The number of hydrogen-bond donors (Lipinski definition) is 1. The molecule has 0 aromatic carbocycles. The SMILES string of the molecule is CCCCCCCCCCCCC(=O)NCCc1ccccn1. The Hall–Kier alpha value is -1.38. The number of aromatic nitrogens is 1. The van der Waals surface area contributed by atoms with Gasteiger partial charge in [0.2, 0.25) is 5.91 Å². The molecule has 1 amide bonds. The van der Waals surface area contributed by atoms with Gasteiger partial charge in [-0.25, -0.2) is 0 Å². The number of carbonyl (C=O) groups is 1. The molecule has 1 aromatic rings. The van der Waals surface area contributed by atoms with Gasteiger partial charge in [-0.05, 0) is 18.6 Å². The first-order valence-corrected chi connectivity index (χ1v) is 9.49. The third-order valence-corrected chi connectivity index (χ3v) is 4.19. The van der Waals surface area contributed by atoms with Gasteiger partial charge in [0.25, 0.3) is 0 Å². The Kier molecular flexibility index (Phi) is 12.2. The molecule has 3 heteroatoms. The Morgan fingerprint density at radius 3 is 2.22 bits per heavy atom. The summed E-state index contributed by atoms with van der Waals surface area (Å²) in [7, 11) is 0. The molecule has 0 saturated carbocycles. The first-order chi connectivity index (χ1) is 11.3. The lowest BCUT2D eigenvalue weighted by Crippen LogP contribution is -2.25. The van der Waals surface area contributed by atoms with Gasteiger partial charge in [-0.1, -0.05) is 70.8 Å². The minimum atomic E-state index is 0.181. The van der Waals surface area contributed by atoms with Gasteiger partial charge in [0.1, 0.15) is 0 Å². The van der Waals surface area contributed by atoms with E-state index < -0.39 is 0 Å². The summed E-state index contributed by atoms with van der Waals surface area (Å²) in [4.78, 5) is 16.0. The fourth-order valence-electron chi connectivity index (χ4n) is 2.74. The molecule has 0 aliphatic rings. The van der Waals surface area contributed by atoms with Crippen LogP contribution in [0.25, 0.3) is 0 Å². The maximum Gasteiger partial charge on any atom is 0.220 e. The van der Waals surface area contributed by atoms with Gasteiger partial charge in [0.05, 0.1) is 0 Å². The molecule has 0 fully saturated rings. The zero-order valence-electron chi connectivity index (χ0n) is 14.9. The fraction of sp³-hybridized carbons (Fsp3) is 0.700. The molecule has 1 rings (SSSR count). The summed E-state index contributed by atoms with van der Waals surface area (Å²) in [6.45, 7) is 2.95. The van der Waals surface area contributed by atoms with Crippen LogP contribution in [0, 0.1) is 0 Å². The van der Waals surface area contributed by atoms with Crippen molar-refractivity contribution in [3.05, 3.63) is 30.1 Å². The second kappa shape index (κ2) is 14.2. The van der Waals surface area contributed by atoms with E-state index in [4.69, 9.17) is 0 Å². The number of unbranched alkanes of at least 4 members (excludes halogenated alkanes) is 9. The zero-order valence-corrected chi connectivity index (χ0v) is 14.9. The number of rotatable bonds is 14. The second-order valence-corrected chi connectivity index (χ2v) is 6.35. The van der Waals surface area contributed by atoms with E-state index in [0.29, 0.717) is 13.0 Å². The summed E-state index contributed by atoms with van der Waals surface area (Å²) < 4.78 is 0. The Bertz CT molecular complexity index is 392. The molecule has 0 unspecified atom stereocenters. The molecule has 0 aliphatic carbocycles. The molecule has 1 heterocycles. The van der Waals surface area contributed by atoms with Crippen molar-refractivity contribution >= 4 is 5.91 Å². The van der Waals surface area contributed by atoms with Crippen molar-refractivity contribution in [2.75, 3.05) is 6.54 Å². The topological polar surface area (TPSA) is 42.0 Å². The number of nitrogens with zero attached hydrogens (tertiary/aromatic N) is 1. The van der Waals surface area contributed by atoms with Crippen LogP contribution in [-0.4, -0.2) is 17.4 Å². The van der Waals surface area contributed by atoms with Crippen LogP contribution in [0.1, 0.15) is 83.2 Å². The predicted octanol–water partition coefficient (Wildman–Crippen LogP) is 5.05. The van der Waals surface area contributed by atoms with Crippen LogP contribution in [0.4, 0.5) is 0 Å². The Balaban J connectivity index is 1.85. The standard InChI is InChI=1S/C20H34N2O/c1-2-3-4-5-6-7-8-9-10-11-15-20(23)22-18-16-19-14-12-13-17-21-19/h12-14,17H,2-11,15-16,18H2,1H3,(H,22,23). The average molecular weight is 319 g/mol. The van der Waals surface area contributed by atoms with Crippen LogP contribution in [0.5, 0.6) is 0 Å². The van der Waals surface area contributed by atoms with Crippen molar-refractivity contribution in [3.63, 3.8) is 0 Å². The molecule has 0 radical (unpaired) electrons. The van der Waals surface area contributed by atoms with Crippen molar-refractivity contribution in [1.29, 1.82) is 0 Å². The van der Waals surface area contributed by atoms with Crippen molar-refractivity contribution in [3.8, 4) is 0 Å². The highest BCUT2D eigenvalue weighted by molar-refractivity contribution is 5.75. The molecule has 23 heavy (non-hydrogen) atoms. The molecule has 0 bridgehead atoms. The van der Waals surface area contributed by atoms with Gasteiger partial charge in [0.15, 0.2) is 0 Å². The monoisotopic (exact) mass is 318 g/mol. The molecular weight excluding hydrogens is 284 g/mol. The van der Waals surface area contributed by atoms with Crippen molar-refractivity contribution in [2.45, 2.75) is 84.0 Å². The van der Waals surface area contributed by atoms with E-state index in [0.717, 1.165) is 18.5 Å². The number of nitrogens with one attached hydrogen (secondary N) is 1.